The van der Waals surface area contributed by atoms with Gasteiger partial charge in [0.15, 0.2) is 0 Å². The van der Waals surface area contributed by atoms with Crippen LogP contribution in [0.3, 0.4) is 0 Å². The molecule has 0 saturated carbocycles. The first kappa shape index (κ1) is 14.7. The Balaban J connectivity index is 1.58. The molecule has 1 amide bonds. The predicted molar refractivity (Wildman–Crippen MR) is 85.3 cm³/mol. The minimum atomic E-state index is -0.128. The summed E-state index contributed by atoms with van der Waals surface area (Å²) in [4.78, 5) is 12.4. The van der Waals surface area contributed by atoms with E-state index in [0.717, 1.165) is 17.7 Å². The van der Waals surface area contributed by atoms with E-state index in [4.69, 9.17) is 5.26 Å². The molecule has 1 unspecified atom stereocenters. The summed E-state index contributed by atoms with van der Waals surface area (Å²) in [5.74, 6) is 1.02. The van der Waals surface area contributed by atoms with Crippen LogP contribution in [0.15, 0.2) is 36.7 Å². The lowest BCUT2D eigenvalue weighted by atomic mass is 10.0. The van der Waals surface area contributed by atoms with E-state index in [1.54, 1.807) is 22.6 Å². The molecule has 6 heteroatoms. The standard InChI is InChI=1S/C16H16N4OS/c17-9-12-10-19-20(11-12)7-6-18-16(21)15-14-4-2-1-3-13(14)5-8-22-15/h1-4,10-11,15H,5-8H2,(H,18,21). The Labute approximate surface area is 133 Å². The van der Waals surface area contributed by atoms with E-state index in [0.29, 0.717) is 18.7 Å². The highest BCUT2D eigenvalue weighted by Gasteiger charge is 2.26. The lowest BCUT2D eigenvalue weighted by Crippen LogP contribution is -2.32. The van der Waals surface area contributed by atoms with Crippen molar-refractivity contribution in [2.75, 3.05) is 12.3 Å². The van der Waals surface area contributed by atoms with Gasteiger partial charge in [-0.1, -0.05) is 24.3 Å². The molecule has 0 fully saturated rings. The Bertz CT molecular complexity index is 719. The molecule has 1 atom stereocenters. The molecule has 2 heterocycles. The number of hydrogen-bond donors (Lipinski definition) is 1. The summed E-state index contributed by atoms with van der Waals surface area (Å²) < 4.78 is 1.67. The number of rotatable bonds is 4. The molecule has 1 aliphatic rings. The van der Waals surface area contributed by atoms with Gasteiger partial charge in [0.2, 0.25) is 5.91 Å². The molecule has 2 aromatic rings. The second kappa shape index (κ2) is 6.67. The van der Waals surface area contributed by atoms with Gasteiger partial charge in [-0.15, -0.1) is 11.8 Å². The highest BCUT2D eigenvalue weighted by molar-refractivity contribution is 8.00. The Morgan fingerprint density at radius 2 is 2.36 bits per heavy atom. The second-order valence-corrected chi connectivity index (χ2v) is 6.31. The van der Waals surface area contributed by atoms with Crippen LogP contribution in [0.5, 0.6) is 0 Å². The van der Waals surface area contributed by atoms with Crippen LogP contribution < -0.4 is 5.32 Å². The van der Waals surface area contributed by atoms with Gasteiger partial charge in [0.05, 0.1) is 18.3 Å². The minimum absolute atomic E-state index is 0.0461. The van der Waals surface area contributed by atoms with Crippen LogP contribution in [0.2, 0.25) is 0 Å². The number of carbonyl (C=O) groups is 1. The van der Waals surface area contributed by atoms with Gasteiger partial charge in [0.25, 0.3) is 0 Å². The Morgan fingerprint density at radius 1 is 1.50 bits per heavy atom. The van der Waals surface area contributed by atoms with Crippen LogP contribution in [0, 0.1) is 11.3 Å². The largest absolute Gasteiger partial charge is 0.353 e. The summed E-state index contributed by atoms with van der Waals surface area (Å²) in [7, 11) is 0. The molecular weight excluding hydrogens is 296 g/mol. The van der Waals surface area contributed by atoms with Crippen molar-refractivity contribution in [2.45, 2.75) is 18.2 Å². The van der Waals surface area contributed by atoms with Crippen LogP contribution >= 0.6 is 11.8 Å². The monoisotopic (exact) mass is 312 g/mol. The summed E-state index contributed by atoms with van der Waals surface area (Å²) in [5.41, 5.74) is 2.93. The van der Waals surface area contributed by atoms with E-state index in [-0.39, 0.29) is 11.2 Å². The van der Waals surface area contributed by atoms with Gasteiger partial charge in [-0.3, -0.25) is 9.48 Å². The van der Waals surface area contributed by atoms with Crippen molar-refractivity contribution in [3.8, 4) is 6.07 Å². The lowest BCUT2D eigenvalue weighted by Gasteiger charge is -2.24. The van der Waals surface area contributed by atoms with E-state index in [9.17, 15) is 4.79 Å². The fourth-order valence-electron chi connectivity index (χ4n) is 2.54. The summed E-state index contributed by atoms with van der Waals surface area (Å²) in [6.45, 7) is 1.07. The number of fused-ring (bicyclic) bond motifs is 1. The van der Waals surface area contributed by atoms with Gasteiger partial charge < -0.3 is 5.32 Å². The summed E-state index contributed by atoms with van der Waals surface area (Å²) in [6.07, 6.45) is 4.22. The van der Waals surface area contributed by atoms with Crippen molar-refractivity contribution in [1.29, 1.82) is 5.26 Å². The minimum Gasteiger partial charge on any atom is -0.353 e. The van der Waals surface area contributed by atoms with Crippen molar-refractivity contribution >= 4 is 17.7 Å². The fraction of sp³-hybridized carbons (Fsp3) is 0.312. The smallest absolute Gasteiger partial charge is 0.237 e. The molecule has 5 nitrogen and oxygen atoms in total. The Morgan fingerprint density at radius 3 is 3.18 bits per heavy atom. The van der Waals surface area contributed by atoms with Crippen molar-refractivity contribution in [3.05, 3.63) is 53.3 Å². The first-order valence-corrected chi connectivity index (χ1v) is 8.22. The molecule has 0 radical (unpaired) electrons. The first-order chi connectivity index (χ1) is 10.8. The second-order valence-electron chi connectivity index (χ2n) is 5.09. The van der Waals surface area contributed by atoms with Crippen LogP contribution in [-0.2, 0) is 17.8 Å². The molecule has 22 heavy (non-hydrogen) atoms. The maximum Gasteiger partial charge on any atom is 0.237 e. The number of thioether (sulfide) groups is 1. The number of nitrogens with zero attached hydrogens (tertiary/aromatic N) is 3. The summed E-state index contributed by atoms with van der Waals surface area (Å²) in [6, 6.07) is 10.2. The fourth-order valence-corrected chi connectivity index (χ4v) is 3.76. The Hall–Kier alpha value is -2.26. The SMILES string of the molecule is N#Cc1cnn(CCNC(=O)C2SCCc3ccccc32)c1. The number of carbonyl (C=O) groups excluding carboxylic acids is 1. The van der Waals surface area contributed by atoms with Gasteiger partial charge >= 0.3 is 0 Å². The number of nitrogens with one attached hydrogen (secondary N) is 1. The molecule has 1 aromatic heterocycles. The topological polar surface area (TPSA) is 70.7 Å². The van der Waals surface area contributed by atoms with Crippen molar-refractivity contribution in [1.82, 2.24) is 15.1 Å². The number of amides is 1. The maximum atomic E-state index is 12.4. The van der Waals surface area contributed by atoms with E-state index < -0.39 is 0 Å². The van der Waals surface area contributed by atoms with Gasteiger partial charge in [-0.2, -0.15) is 10.4 Å². The summed E-state index contributed by atoms with van der Waals surface area (Å²) >= 11 is 1.69. The van der Waals surface area contributed by atoms with Crippen molar-refractivity contribution in [2.24, 2.45) is 0 Å². The lowest BCUT2D eigenvalue weighted by molar-refractivity contribution is -0.120. The van der Waals surface area contributed by atoms with Crippen LogP contribution in [0.1, 0.15) is 21.9 Å². The van der Waals surface area contributed by atoms with Gasteiger partial charge in [0.1, 0.15) is 11.3 Å². The number of hydrogen-bond acceptors (Lipinski definition) is 4. The zero-order chi connectivity index (χ0) is 15.4. The molecule has 0 aliphatic carbocycles. The van der Waals surface area contributed by atoms with Crippen LogP contribution in [-0.4, -0.2) is 28.0 Å². The van der Waals surface area contributed by atoms with E-state index >= 15 is 0 Å². The summed E-state index contributed by atoms with van der Waals surface area (Å²) in [5, 5.41) is 15.7. The van der Waals surface area contributed by atoms with Crippen LogP contribution in [0.4, 0.5) is 0 Å². The highest BCUT2D eigenvalue weighted by atomic mass is 32.2. The molecule has 112 valence electrons. The highest BCUT2D eigenvalue weighted by Crippen LogP contribution is 2.36. The zero-order valence-electron chi connectivity index (χ0n) is 12.0. The quantitative estimate of drug-likeness (QED) is 0.936. The van der Waals surface area contributed by atoms with E-state index in [2.05, 4.69) is 16.5 Å². The third-order valence-corrected chi connectivity index (χ3v) is 4.88. The average Bonchev–Trinajstić information content (AvgIpc) is 3.02. The zero-order valence-corrected chi connectivity index (χ0v) is 12.8. The van der Waals surface area contributed by atoms with Crippen molar-refractivity contribution < 1.29 is 4.79 Å². The molecular formula is C16H16N4OS. The number of aryl methyl sites for hydroxylation is 1. The molecule has 1 aromatic carbocycles. The maximum absolute atomic E-state index is 12.4. The predicted octanol–water partition coefficient (Wildman–Crippen LogP) is 1.90. The van der Waals surface area contributed by atoms with E-state index in [1.165, 1.54) is 11.8 Å². The normalized spacial score (nSPS) is 16.6. The Kier molecular flexibility index (Phi) is 4.45. The van der Waals surface area contributed by atoms with Crippen molar-refractivity contribution in [3.63, 3.8) is 0 Å². The number of benzene rings is 1. The third-order valence-electron chi connectivity index (χ3n) is 3.63. The molecule has 3 rings (SSSR count). The molecule has 1 aliphatic heterocycles. The first-order valence-electron chi connectivity index (χ1n) is 7.17. The van der Waals surface area contributed by atoms with Gasteiger partial charge in [0, 0.05) is 12.7 Å². The average molecular weight is 312 g/mol. The van der Waals surface area contributed by atoms with E-state index in [1.807, 2.05) is 24.3 Å². The molecule has 0 bridgehead atoms. The van der Waals surface area contributed by atoms with Gasteiger partial charge in [-0.25, -0.2) is 0 Å². The third kappa shape index (κ3) is 3.15. The molecule has 0 saturated heterocycles. The van der Waals surface area contributed by atoms with Crippen LogP contribution in [0.25, 0.3) is 0 Å². The molecule has 0 spiro atoms. The molecule has 1 N–H and O–H groups in total. The number of aromatic nitrogens is 2. The number of nitriles is 1. The van der Waals surface area contributed by atoms with Gasteiger partial charge in [-0.05, 0) is 23.3 Å².